The molecule has 3 aromatic rings. The molecule has 0 aliphatic rings. The largest absolute Gasteiger partial charge is 0.459 e. The standard InChI is InChI=1S/C22H27N3O4S2/c1-22(2,3)29-20(26)16-25-19-13-8-7-12-18(19)24-21(25)30-15-9-14-23-31(27,28)17-10-5-4-6-11-17/h4-8,10-13,23H,9,14-16H2,1-3H3. The molecule has 0 aliphatic heterocycles. The zero-order chi connectivity index (χ0) is 22.5. The number of carbonyl (C=O) groups is 1. The zero-order valence-corrected chi connectivity index (χ0v) is 19.5. The average Bonchev–Trinajstić information content (AvgIpc) is 3.04. The molecule has 0 amide bonds. The Labute approximate surface area is 187 Å². The number of benzene rings is 2. The second-order valence-electron chi connectivity index (χ2n) is 7.97. The molecule has 0 fully saturated rings. The van der Waals surface area contributed by atoms with Gasteiger partial charge in [0.15, 0.2) is 5.16 Å². The number of aromatic nitrogens is 2. The van der Waals surface area contributed by atoms with Gasteiger partial charge in [-0.2, -0.15) is 0 Å². The zero-order valence-electron chi connectivity index (χ0n) is 17.9. The van der Waals surface area contributed by atoms with Gasteiger partial charge in [0, 0.05) is 12.3 Å². The van der Waals surface area contributed by atoms with Crippen molar-refractivity contribution in [2.45, 2.75) is 49.4 Å². The lowest BCUT2D eigenvalue weighted by molar-refractivity contribution is -0.155. The summed E-state index contributed by atoms with van der Waals surface area (Å²) in [6, 6.07) is 15.9. The minimum Gasteiger partial charge on any atom is -0.459 e. The number of imidazole rings is 1. The number of rotatable bonds is 9. The van der Waals surface area contributed by atoms with E-state index in [0.717, 1.165) is 11.0 Å². The first-order valence-corrected chi connectivity index (χ1v) is 12.5. The van der Waals surface area contributed by atoms with E-state index in [1.165, 1.54) is 11.8 Å². The van der Waals surface area contributed by atoms with Gasteiger partial charge in [-0.1, -0.05) is 42.1 Å². The lowest BCUT2D eigenvalue weighted by Gasteiger charge is -2.20. The number of sulfonamides is 1. The summed E-state index contributed by atoms with van der Waals surface area (Å²) < 4.78 is 34.5. The van der Waals surface area contributed by atoms with Gasteiger partial charge >= 0.3 is 5.97 Å². The molecule has 1 heterocycles. The molecule has 31 heavy (non-hydrogen) atoms. The molecule has 3 rings (SSSR count). The van der Waals surface area contributed by atoms with Crippen LogP contribution in [-0.2, 0) is 26.1 Å². The molecule has 0 unspecified atom stereocenters. The van der Waals surface area contributed by atoms with Crippen LogP contribution >= 0.6 is 11.8 Å². The van der Waals surface area contributed by atoms with Crippen molar-refractivity contribution in [3.05, 3.63) is 54.6 Å². The molecular formula is C22H27N3O4S2. The highest BCUT2D eigenvalue weighted by Crippen LogP contribution is 2.25. The molecule has 0 aliphatic carbocycles. The van der Waals surface area contributed by atoms with Gasteiger partial charge in [0.05, 0.1) is 15.9 Å². The Morgan fingerprint density at radius 3 is 2.48 bits per heavy atom. The monoisotopic (exact) mass is 461 g/mol. The Kier molecular flexibility index (Phi) is 7.40. The van der Waals surface area contributed by atoms with Crippen LogP contribution < -0.4 is 4.72 Å². The van der Waals surface area contributed by atoms with Crippen molar-refractivity contribution in [1.82, 2.24) is 14.3 Å². The Bertz CT molecular complexity index is 1140. The van der Waals surface area contributed by atoms with Crippen molar-refractivity contribution in [3.63, 3.8) is 0 Å². The van der Waals surface area contributed by atoms with E-state index in [-0.39, 0.29) is 17.4 Å². The van der Waals surface area contributed by atoms with Gasteiger partial charge in [0.25, 0.3) is 0 Å². The summed E-state index contributed by atoms with van der Waals surface area (Å²) in [5.41, 5.74) is 1.11. The molecule has 0 saturated heterocycles. The molecule has 0 saturated carbocycles. The van der Waals surface area contributed by atoms with Crippen LogP contribution in [0, 0.1) is 0 Å². The van der Waals surface area contributed by atoms with Gasteiger partial charge in [-0.25, -0.2) is 18.1 Å². The van der Waals surface area contributed by atoms with Gasteiger partial charge in [0.2, 0.25) is 10.0 Å². The first kappa shape index (κ1) is 23.3. The van der Waals surface area contributed by atoms with Gasteiger partial charge in [-0.15, -0.1) is 0 Å². The van der Waals surface area contributed by atoms with Crippen molar-refractivity contribution in [3.8, 4) is 0 Å². The molecule has 0 bridgehead atoms. The van der Waals surface area contributed by atoms with E-state index in [0.29, 0.717) is 23.9 Å². The molecule has 9 heteroatoms. The third-order valence-electron chi connectivity index (χ3n) is 4.22. The fourth-order valence-corrected chi connectivity index (χ4v) is 4.99. The molecule has 0 radical (unpaired) electrons. The van der Waals surface area contributed by atoms with E-state index >= 15 is 0 Å². The summed E-state index contributed by atoms with van der Waals surface area (Å²) in [5, 5.41) is 0.706. The number of ether oxygens (including phenoxy) is 1. The van der Waals surface area contributed by atoms with E-state index in [4.69, 9.17) is 4.74 Å². The Balaban J connectivity index is 1.62. The first-order valence-electron chi connectivity index (χ1n) is 10.0. The van der Waals surface area contributed by atoms with E-state index in [1.807, 2.05) is 49.6 Å². The summed E-state index contributed by atoms with van der Waals surface area (Å²) in [6.07, 6.45) is 0.617. The van der Waals surface area contributed by atoms with Gasteiger partial charge < -0.3 is 9.30 Å². The fourth-order valence-electron chi connectivity index (χ4n) is 2.94. The van der Waals surface area contributed by atoms with Crippen molar-refractivity contribution in [2.75, 3.05) is 12.3 Å². The van der Waals surface area contributed by atoms with Crippen LogP contribution in [0.25, 0.3) is 11.0 Å². The number of esters is 1. The van der Waals surface area contributed by atoms with E-state index in [9.17, 15) is 13.2 Å². The van der Waals surface area contributed by atoms with E-state index in [1.54, 1.807) is 30.3 Å². The maximum atomic E-state index is 12.4. The van der Waals surface area contributed by atoms with Crippen LogP contribution in [0.1, 0.15) is 27.2 Å². The SMILES string of the molecule is CC(C)(C)OC(=O)Cn1c(SCCCNS(=O)(=O)c2ccccc2)nc2ccccc21. The summed E-state index contributed by atoms with van der Waals surface area (Å²) in [4.78, 5) is 17.3. The number of hydrogen-bond acceptors (Lipinski definition) is 6. The van der Waals surface area contributed by atoms with Crippen LogP contribution in [0.2, 0.25) is 0 Å². The average molecular weight is 462 g/mol. The number of para-hydroxylation sites is 2. The summed E-state index contributed by atoms with van der Waals surface area (Å²) >= 11 is 1.49. The van der Waals surface area contributed by atoms with Crippen molar-refractivity contribution in [1.29, 1.82) is 0 Å². The number of carbonyl (C=O) groups excluding carboxylic acids is 1. The van der Waals surface area contributed by atoms with Crippen LogP contribution in [-0.4, -0.2) is 41.8 Å². The summed E-state index contributed by atoms with van der Waals surface area (Å²) in [5.74, 6) is 0.322. The maximum absolute atomic E-state index is 12.4. The number of nitrogens with one attached hydrogen (secondary N) is 1. The second kappa shape index (κ2) is 9.84. The van der Waals surface area contributed by atoms with Gasteiger partial charge in [-0.05, 0) is 51.5 Å². The molecule has 0 spiro atoms. The van der Waals surface area contributed by atoms with Crippen LogP contribution in [0.5, 0.6) is 0 Å². The topological polar surface area (TPSA) is 90.3 Å². The number of fused-ring (bicyclic) bond motifs is 1. The Morgan fingerprint density at radius 1 is 1.10 bits per heavy atom. The molecule has 1 aromatic heterocycles. The molecule has 7 nitrogen and oxygen atoms in total. The van der Waals surface area contributed by atoms with Crippen LogP contribution in [0.15, 0.2) is 64.6 Å². The number of nitrogens with zero attached hydrogens (tertiary/aromatic N) is 2. The van der Waals surface area contributed by atoms with E-state index < -0.39 is 15.6 Å². The Morgan fingerprint density at radius 2 is 1.77 bits per heavy atom. The predicted octanol–water partition coefficient (Wildman–Crippen LogP) is 3.84. The van der Waals surface area contributed by atoms with Gasteiger partial charge in [-0.3, -0.25) is 4.79 Å². The summed E-state index contributed by atoms with van der Waals surface area (Å²) in [7, 11) is -3.51. The molecule has 0 atom stereocenters. The fraction of sp³-hybridized carbons (Fsp3) is 0.364. The Hall–Kier alpha value is -2.36. The first-order chi connectivity index (χ1) is 14.7. The number of thioether (sulfide) groups is 1. The van der Waals surface area contributed by atoms with Crippen LogP contribution in [0.3, 0.4) is 0 Å². The molecule has 166 valence electrons. The normalized spacial score (nSPS) is 12.2. The summed E-state index contributed by atoms with van der Waals surface area (Å²) in [6.45, 7) is 5.90. The maximum Gasteiger partial charge on any atom is 0.326 e. The lowest BCUT2D eigenvalue weighted by Crippen LogP contribution is -2.26. The quantitative estimate of drug-likeness (QED) is 0.296. The smallest absolute Gasteiger partial charge is 0.326 e. The number of hydrogen-bond donors (Lipinski definition) is 1. The minimum atomic E-state index is -3.51. The minimum absolute atomic E-state index is 0.0702. The van der Waals surface area contributed by atoms with Crippen molar-refractivity contribution >= 4 is 38.8 Å². The highest BCUT2D eigenvalue weighted by atomic mass is 32.2. The lowest BCUT2D eigenvalue weighted by atomic mass is 10.2. The van der Waals surface area contributed by atoms with Crippen molar-refractivity contribution in [2.24, 2.45) is 0 Å². The highest BCUT2D eigenvalue weighted by molar-refractivity contribution is 7.99. The van der Waals surface area contributed by atoms with Crippen LogP contribution in [0.4, 0.5) is 0 Å². The molecule has 2 aromatic carbocycles. The molecule has 1 N–H and O–H groups in total. The highest BCUT2D eigenvalue weighted by Gasteiger charge is 2.20. The van der Waals surface area contributed by atoms with Gasteiger partial charge in [0.1, 0.15) is 12.1 Å². The third-order valence-corrected chi connectivity index (χ3v) is 6.76. The second-order valence-corrected chi connectivity index (χ2v) is 10.8. The predicted molar refractivity (Wildman–Crippen MR) is 123 cm³/mol. The van der Waals surface area contributed by atoms with E-state index in [2.05, 4.69) is 9.71 Å². The molecular weight excluding hydrogens is 434 g/mol. The third kappa shape index (κ3) is 6.56. The van der Waals surface area contributed by atoms with Crippen molar-refractivity contribution < 1.29 is 17.9 Å².